The lowest BCUT2D eigenvalue weighted by Crippen LogP contribution is -2.11. The summed E-state index contributed by atoms with van der Waals surface area (Å²) in [6, 6.07) is 14.5. The highest BCUT2D eigenvalue weighted by Gasteiger charge is 2.06. The first kappa shape index (κ1) is 14.4. The molecule has 0 saturated heterocycles. The van der Waals surface area contributed by atoms with Crippen molar-refractivity contribution in [1.82, 2.24) is 0 Å². The molecule has 3 nitrogen and oxygen atoms in total. The summed E-state index contributed by atoms with van der Waals surface area (Å²) in [5, 5.41) is 6.68. The summed E-state index contributed by atoms with van der Waals surface area (Å²) >= 11 is 5.87. The minimum atomic E-state index is -0.165. The molecule has 0 fully saturated rings. The summed E-state index contributed by atoms with van der Waals surface area (Å²) in [5.74, 6) is -0.165. The van der Waals surface area contributed by atoms with Crippen molar-refractivity contribution in [3.63, 3.8) is 0 Å². The van der Waals surface area contributed by atoms with Gasteiger partial charge in [-0.1, -0.05) is 24.6 Å². The van der Waals surface area contributed by atoms with E-state index in [1.165, 1.54) is 0 Å². The van der Waals surface area contributed by atoms with Crippen molar-refractivity contribution in [3.05, 3.63) is 59.1 Å². The van der Waals surface area contributed by atoms with Gasteiger partial charge in [0.2, 0.25) is 0 Å². The van der Waals surface area contributed by atoms with Crippen LogP contribution in [0.3, 0.4) is 0 Å². The fourth-order valence-corrected chi connectivity index (χ4v) is 1.96. The molecular formula is C16H17ClN2O. The molecule has 0 atom stereocenters. The second-order valence-electron chi connectivity index (χ2n) is 4.47. The smallest absolute Gasteiger partial charge is 0.255 e. The van der Waals surface area contributed by atoms with Crippen LogP contribution in [0.15, 0.2) is 48.5 Å². The number of halogens is 1. The summed E-state index contributed by atoms with van der Waals surface area (Å²) in [6.07, 6.45) is 1.08. The molecule has 2 aromatic carbocycles. The van der Waals surface area contributed by atoms with Gasteiger partial charge in [0.1, 0.15) is 0 Å². The molecule has 0 unspecified atom stereocenters. The number of carbonyl (C=O) groups excluding carboxylic acids is 1. The van der Waals surface area contributed by atoms with Gasteiger partial charge in [-0.05, 0) is 48.9 Å². The number of carbonyl (C=O) groups is 1. The maximum atomic E-state index is 12.0. The second-order valence-corrected chi connectivity index (χ2v) is 4.91. The van der Waals surface area contributed by atoms with Gasteiger partial charge in [-0.3, -0.25) is 4.79 Å². The van der Waals surface area contributed by atoms with Gasteiger partial charge in [0.15, 0.2) is 0 Å². The Balaban J connectivity index is 2.01. The minimum absolute atomic E-state index is 0.165. The molecule has 0 saturated carbocycles. The highest BCUT2D eigenvalue weighted by Crippen LogP contribution is 2.16. The Kier molecular flexibility index (Phi) is 5.02. The van der Waals surface area contributed by atoms with Crippen LogP contribution >= 0.6 is 11.6 Å². The molecule has 0 heterocycles. The van der Waals surface area contributed by atoms with E-state index in [1.54, 1.807) is 24.3 Å². The van der Waals surface area contributed by atoms with Gasteiger partial charge >= 0.3 is 0 Å². The van der Waals surface area contributed by atoms with E-state index in [1.807, 2.05) is 24.3 Å². The van der Waals surface area contributed by atoms with Crippen LogP contribution in [-0.2, 0) is 0 Å². The van der Waals surface area contributed by atoms with E-state index >= 15 is 0 Å². The van der Waals surface area contributed by atoms with Crippen molar-refractivity contribution in [2.45, 2.75) is 13.3 Å². The number of hydrogen-bond donors (Lipinski definition) is 2. The van der Waals surface area contributed by atoms with E-state index in [-0.39, 0.29) is 5.91 Å². The average Bonchev–Trinajstić information content (AvgIpc) is 2.46. The predicted octanol–water partition coefficient (Wildman–Crippen LogP) is 4.41. The molecule has 0 radical (unpaired) electrons. The first-order chi connectivity index (χ1) is 9.69. The molecular weight excluding hydrogens is 272 g/mol. The van der Waals surface area contributed by atoms with Gasteiger partial charge in [0.25, 0.3) is 5.91 Å². The zero-order valence-electron chi connectivity index (χ0n) is 11.3. The summed E-state index contributed by atoms with van der Waals surface area (Å²) < 4.78 is 0. The van der Waals surface area contributed by atoms with Crippen molar-refractivity contribution >= 4 is 28.9 Å². The summed E-state index contributed by atoms with van der Waals surface area (Å²) in [5.41, 5.74) is 2.36. The number of benzene rings is 2. The zero-order chi connectivity index (χ0) is 14.4. The lowest BCUT2D eigenvalue weighted by molar-refractivity contribution is 0.102. The topological polar surface area (TPSA) is 41.1 Å². The number of anilines is 2. The third-order valence-corrected chi connectivity index (χ3v) is 3.04. The second kappa shape index (κ2) is 6.96. The molecule has 20 heavy (non-hydrogen) atoms. The predicted molar refractivity (Wildman–Crippen MR) is 84.6 cm³/mol. The van der Waals surface area contributed by atoms with Crippen LogP contribution in [0.2, 0.25) is 5.02 Å². The molecule has 0 aliphatic carbocycles. The monoisotopic (exact) mass is 288 g/mol. The standard InChI is InChI=1S/C16H17ClN2O/c1-2-10-18-14-6-8-15(9-7-14)19-16(20)12-4-3-5-13(17)11-12/h3-9,11,18H,2,10H2,1H3,(H,19,20). The molecule has 0 bridgehead atoms. The molecule has 0 aliphatic rings. The maximum Gasteiger partial charge on any atom is 0.255 e. The summed E-state index contributed by atoms with van der Waals surface area (Å²) in [6.45, 7) is 3.06. The number of amides is 1. The number of rotatable bonds is 5. The first-order valence-electron chi connectivity index (χ1n) is 6.60. The summed E-state index contributed by atoms with van der Waals surface area (Å²) in [4.78, 5) is 12.0. The van der Waals surface area contributed by atoms with Gasteiger partial charge in [-0.25, -0.2) is 0 Å². The first-order valence-corrected chi connectivity index (χ1v) is 6.97. The van der Waals surface area contributed by atoms with Crippen LogP contribution in [0.4, 0.5) is 11.4 Å². The Morgan fingerprint density at radius 1 is 1.10 bits per heavy atom. The average molecular weight is 289 g/mol. The van der Waals surface area contributed by atoms with E-state index < -0.39 is 0 Å². The lowest BCUT2D eigenvalue weighted by atomic mass is 10.2. The molecule has 0 aliphatic heterocycles. The number of nitrogens with one attached hydrogen (secondary N) is 2. The van der Waals surface area contributed by atoms with Gasteiger partial charge in [-0.15, -0.1) is 0 Å². The van der Waals surface area contributed by atoms with Crippen molar-refractivity contribution < 1.29 is 4.79 Å². The molecule has 2 rings (SSSR count). The van der Waals surface area contributed by atoms with E-state index in [2.05, 4.69) is 17.6 Å². The van der Waals surface area contributed by atoms with E-state index in [9.17, 15) is 4.79 Å². The van der Waals surface area contributed by atoms with Crippen molar-refractivity contribution in [2.24, 2.45) is 0 Å². The van der Waals surface area contributed by atoms with E-state index in [0.29, 0.717) is 10.6 Å². The Morgan fingerprint density at radius 3 is 2.45 bits per heavy atom. The van der Waals surface area contributed by atoms with Gasteiger partial charge in [0.05, 0.1) is 0 Å². The van der Waals surface area contributed by atoms with Crippen LogP contribution in [-0.4, -0.2) is 12.5 Å². The van der Waals surface area contributed by atoms with Gasteiger partial charge < -0.3 is 10.6 Å². The lowest BCUT2D eigenvalue weighted by Gasteiger charge is -2.08. The van der Waals surface area contributed by atoms with Crippen LogP contribution < -0.4 is 10.6 Å². The van der Waals surface area contributed by atoms with E-state index in [0.717, 1.165) is 24.3 Å². The molecule has 0 spiro atoms. The third kappa shape index (κ3) is 4.00. The Bertz CT molecular complexity index is 581. The fraction of sp³-hybridized carbons (Fsp3) is 0.188. The number of hydrogen-bond acceptors (Lipinski definition) is 2. The minimum Gasteiger partial charge on any atom is -0.385 e. The quantitative estimate of drug-likeness (QED) is 0.855. The van der Waals surface area contributed by atoms with Crippen LogP contribution in [0.5, 0.6) is 0 Å². The molecule has 2 N–H and O–H groups in total. The highest BCUT2D eigenvalue weighted by molar-refractivity contribution is 6.31. The van der Waals surface area contributed by atoms with Crippen LogP contribution in [0.25, 0.3) is 0 Å². The molecule has 4 heteroatoms. The van der Waals surface area contributed by atoms with Crippen molar-refractivity contribution in [1.29, 1.82) is 0 Å². The maximum absolute atomic E-state index is 12.0. The molecule has 0 aromatic heterocycles. The fourth-order valence-electron chi connectivity index (χ4n) is 1.77. The van der Waals surface area contributed by atoms with Gasteiger partial charge in [-0.2, -0.15) is 0 Å². The highest BCUT2D eigenvalue weighted by atomic mass is 35.5. The van der Waals surface area contributed by atoms with Gasteiger partial charge in [0, 0.05) is 28.5 Å². The molecule has 1 amide bonds. The zero-order valence-corrected chi connectivity index (χ0v) is 12.1. The Labute approximate surface area is 124 Å². The Hall–Kier alpha value is -2.00. The summed E-state index contributed by atoms with van der Waals surface area (Å²) in [7, 11) is 0. The van der Waals surface area contributed by atoms with Crippen molar-refractivity contribution in [3.8, 4) is 0 Å². The third-order valence-electron chi connectivity index (χ3n) is 2.81. The molecule has 104 valence electrons. The Morgan fingerprint density at radius 2 is 1.80 bits per heavy atom. The van der Waals surface area contributed by atoms with Crippen LogP contribution in [0, 0.1) is 0 Å². The van der Waals surface area contributed by atoms with Crippen molar-refractivity contribution in [2.75, 3.05) is 17.2 Å². The van der Waals surface area contributed by atoms with E-state index in [4.69, 9.17) is 11.6 Å². The molecule has 2 aromatic rings. The SMILES string of the molecule is CCCNc1ccc(NC(=O)c2cccc(Cl)c2)cc1. The normalized spacial score (nSPS) is 10.1. The largest absolute Gasteiger partial charge is 0.385 e. The van der Waals surface area contributed by atoms with Crippen LogP contribution in [0.1, 0.15) is 23.7 Å².